The van der Waals surface area contributed by atoms with E-state index >= 15 is 0 Å². The minimum atomic E-state index is -4.20. The molecular weight excluding hydrogens is 264 g/mol. The number of unbranched alkanes of at least 4 members (excludes halogenated alkanes) is 4. The largest absolute Gasteiger partial charge is 0.323 e. The van der Waals surface area contributed by atoms with Crippen LogP contribution in [0.1, 0.15) is 38.5 Å². The minimum Gasteiger partial charge on any atom is -0.323 e. The van der Waals surface area contributed by atoms with Crippen LogP contribution in [0, 0.1) is 0 Å². The Hall–Kier alpha value is -0.270. The molecule has 1 unspecified atom stereocenters. The molecule has 0 aromatic heterocycles. The van der Waals surface area contributed by atoms with Gasteiger partial charge in [-0.1, -0.05) is 25.7 Å². The van der Waals surface area contributed by atoms with Crippen molar-refractivity contribution in [2.75, 3.05) is 26.5 Å². The lowest BCUT2D eigenvalue weighted by Gasteiger charge is -2.05. The number of hydrogen-bond donors (Lipinski definition) is 2. The third-order valence-corrected chi connectivity index (χ3v) is 2.83. The van der Waals surface area contributed by atoms with Gasteiger partial charge in [0.2, 0.25) is 0 Å². The predicted molar refractivity (Wildman–Crippen MR) is 70.0 cm³/mol. The van der Waals surface area contributed by atoms with Crippen molar-refractivity contribution in [1.29, 1.82) is 0 Å². The zero-order valence-electron chi connectivity index (χ0n) is 11.2. The lowest BCUT2D eigenvalue weighted by molar-refractivity contribution is 0.323. The van der Waals surface area contributed by atoms with Gasteiger partial charge in [-0.15, -0.1) is 0 Å². The molecule has 0 amide bonds. The number of halogens is 2. The van der Waals surface area contributed by atoms with E-state index in [1.54, 1.807) is 0 Å². The summed E-state index contributed by atoms with van der Waals surface area (Å²) in [7, 11) is -0.449. The van der Waals surface area contributed by atoms with Gasteiger partial charge in [-0.05, 0) is 26.9 Å². The van der Waals surface area contributed by atoms with Crippen LogP contribution >= 0.6 is 0 Å². The van der Waals surface area contributed by atoms with Gasteiger partial charge in [0, 0.05) is 0 Å². The van der Waals surface area contributed by atoms with Crippen LogP contribution in [0.25, 0.3) is 0 Å². The van der Waals surface area contributed by atoms with Crippen molar-refractivity contribution in [1.82, 2.24) is 5.32 Å². The fraction of sp³-hybridized carbons (Fsp3) is 1.00. The second-order valence-electron chi connectivity index (χ2n) is 4.09. The summed E-state index contributed by atoms with van der Waals surface area (Å²) in [6.45, 7) is -0.325. The van der Waals surface area contributed by atoms with Gasteiger partial charge in [0.25, 0.3) is 10.1 Å². The molecule has 0 saturated carbocycles. The Labute approximate surface area is 109 Å². The van der Waals surface area contributed by atoms with Gasteiger partial charge in [-0.25, -0.2) is 4.39 Å². The third-order valence-electron chi connectivity index (χ3n) is 2.04. The highest BCUT2D eigenvalue weighted by atomic mass is 32.2. The molecule has 1 atom stereocenters. The lowest BCUT2D eigenvalue weighted by atomic mass is 10.1. The molecule has 2 N–H and O–H groups in total. The first kappa shape index (κ1) is 20.1. The molecule has 0 aromatic carbocycles. The van der Waals surface area contributed by atoms with E-state index in [-0.39, 0.29) is 13.1 Å². The van der Waals surface area contributed by atoms with Crippen molar-refractivity contribution in [2.45, 2.75) is 44.7 Å². The van der Waals surface area contributed by atoms with Crippen molar-refractivity contribution in [2.24, 2.45) is 0 Å². The molecule has 4 nitrogen and oxygen atoms in total. The van der Waals surface area contributed by atoms with Crippen LogP contribution in [-0.2, 0) is 10.1 Å². The SMILES string of the molecule is CNC.O=S(=O)(O)CC(F)CCCCCCCF. The zero-order valence-corrected chi connectivity index (χ0v) is 12.0. The number of rotatable bonds is 9. The topological polar surface area (TPSA) is 66.4 Å². The highest BCUT2D eigenvalue weighted by Gasteiger charge is 2.14. The molecule has 0 aliphatic rings. The van der Waals surface area contributed by atoms with Crippen molar-refractivity contribution < 1.29 is 21.8 Å². The average molecular weight is 289 g/mol. The van der Waals surface area contributed by atoms with Crippen LogP contribution < -0.4 is 5.32 Å². The maximum absolute atomic E-state index is 12.9. The molecule has 0 fully saturated rings. The van der Waals surface area contributed by atoms with E-state index in [1.807, 2.05) is 14.1 Å². The van der Waals surface area contributed by atoms with Gasteiger partial charge >= 0.3 is 0 Å². The molecule has 18 heavy (non-hydrogen) atoms. The number of nitrogens with one attached hydrogen (secondary N) is 1. The highest BCUT2D eigenvalue weighted by molar-refractivity contribution is 7.85. The fourth-order valence-electron chi connectivity index (χ4n) is 1.30. The number of alkyl halides is 2. The Morgan fingerprint density at radius 1 is 1.11 bits per heavy atom. The van der Waals surface area contributed by atoms with Gasteiger partial charge in [-0.2, -0.15) is 8.42 Å². The van der Waals surface area contributed by atoms with Crippen molar-refractivity contribution in [3.63, 3.8) is 0 Å². The summed E-state index contributed by atoms with van der Waals surface area (Å²) in [5.74, 6) is -0.822. The minimum absolute atomic E-state index is 0.134. The Bertz CT molecular complexity index is 261. The summed E-state index contributed by atoms with van der Waals surface area (Å²) in [5, 5.41) is 2.75. The Morgan fingerprint density at radius 3 is 2.00 bits per heavy atom. The third kappa shape index (κ3) is 21.1. The Kier molecular flexibility index (Phi) is 14.7. The summed E-state index contributed by atoms with van der Waals surface area (Å²) >= 11 is 0. The fourth-order valence-corrected chi connectivity index (χ4v) is 1.93. The summed E-state index contributed by atoms with van der Waals surface area (Å²) < 4.78 is 53.5. The standard InChI is InChI=1S/C9H18F2O3S.C2H7N/c10-7-5-3-1-2-4-6-9(11)8-15(12,13)14;1-3-2/h9H,1-8H2,(H,12,13,14);3H,1-2H3. The number of hydrogen-bond acceptors (Lipinski definition) is 3. The van der Waals surface area contributed by atoms with E-state index in [0.29, 0.717) is 12.8 Å². The molecule has 0 heterocycles. The van der Waals surface area contributed by atoms with Crippen LogP contribution in [0.3, 0.4) is 0 Å². The van der Waals surface area contributed by atoms with Crippen molar-refractivity contribution >= 4 is 10.1 Å². The second-order valence-corrected chi connectivity index (χ2v) is 5.59. The molecule has 112 valence electrons. The van der Waals surface area contributed by atoms with Crippen LogP contribution in [0.4, 0.5) is 8.78 Å². The molecule has 0 aromatic rings. The Morgan fingerprint density at radius 2 is 1.56 bits per heavy atom. The van der Waals surface area contributed by atoms with Gasteiger partial charge in [0.15, 0.2) is 0 Å². The quantitative estimate of drug-likeness (QED) is 0.505. The molecular formula is C11H25F2NO3S. The monoisotopic (exact) mass is 289 g/mol. The summed E-state index contributed by atoms with van der Waals surface area (Å²) in [5.41, 5.74) is 0. The molecule has 0 aliphatic carbocycles. The predicted octanol–water partition coefficient (Wildman–Crippen LogP) is 2.36. The molecule has 0 saturated heterocycles. The first-order chi connectivity index (χ1) is 8.37. The molecule has 7 heteroatoms. The van der Waals surface area contributed by atoms with Crippen LogP contribution in [0.5, 0.6) is 0 Å². The van der Waals surface area contributed by atoms with Crippen LogP contribution in [0.2, 0.25) is 0 Å². The maximum Gasteiger partial charge on any atom is 0.267 e. The van der Waals surface area contributed by atoms with E-state index in [0.717, 1.165) is 19.3 Å². The molecule has 0 rings (SSSR count). The highest BCUT2D eigenvalue weighted by Crippen LogP contribution is 2.10. The maximum atomic E-state index is 12.9. The molecule has 0 bridgehead atoms. The van der Waals surface area contributed by atoms with E-state index < -0.39 is 22.0 Å². The molecule has 0 aliphatic heterocycles. The summed E-state index contributed by atoms with van der Waals surface area (Å²) in [6, 6.07) is 0. The Balaban J connectivity index is 0. The van der Waals surface area contributed by atoms with Crippen molar-refractivity contribution in [3.05, 3.63) is 0 Å². The van der Waals surface area contributed by atoms with Gasteiger partial charge in [0.1, 0.15) is 11.9 Å². The van der Waals surface area contributed by atoms with E-state index in [9.17, 15) is 17.2 Å². The first-order valence-electron chi connectivity index (χ1n) is 6.11. The van der Waals surface area contributed by atoms with Crippen LogP contribution in [0.15, 0.2) is 0 Å². The van der Waals surface area contributed by atoms with Crippen molar-refractivity contribution in [3.8, 4) is 0 Å². The zero-order chi connectivity index (χ0) is 14.4. The van der Waals surface area contributed by atoms with E-state index in [4.69, 9.17) is 4.55 Å². The van der Waals surface area contributed by atoms with Gasteiger partial charge in [0.05, 0.1) is 6.67 Å². The van der Waals surface area contributed by atoms with E-state index in [1.165, 1.54) is 0 Å². The average Bonchev–Trinajstić information content (AvgIpc) is 2.22. The molecule has 0 spiro atoms. The second kappa shape index (κ2) is 13.2. The van der Waals surface area contributed by atoms with Gasteiger partial charge < -0.3 is 5.32 Å². The normalized spacial score (nSPS) is 12.7. The smallest absolute Gasteiger partial charge is 0.267 e. The lowest BCUT2D eigenvalue weighted by Crippen LogP contribution is -2.16. The van der Waals surface area contributed by atoms with E-state index in [2.05, 4.69) is 5.32 Å². The van der Waals surface area contributed by atoms with Gasteiger partial charge in [-0.3, -0.25) is 8.94 Å². The molecule has 0 radical (unpaired) electrons. The summed E-state index contributed by atoms with van der Waals surface area (Å²) in [6.07, 6.45) is 2.13. The van der Waals surface area contributed by atoms with Crippen LogP contribution in [-0.4, -0.2) is 45.7 Å². The first-order valence-corrected chi connectivity index (χ1v) is 7.72. The summed E-state index contributed by atoms with van der Waals surface area (Å²) in [4.78, 5) is 0.